The van der Waals surface area contributed by atoms with E-state index in [-0.39, 0.29) is 5.82 Å². The highest BCUT2D eigenvalue weighted by molar-refractivity contribution is 5.59. The third-order valence-corrected chi connectivity index (χ3v) is 2.76. The minimum atomic E-state index is -0.252. The van der Waals surface area contributed by atoms with Gasteiger partial charge < -0.3 is 10.6 Å². The molecule has 106 valence electrons. The number of halogens is 1. The Morgan fingerprint density at radius 2 is 1.75 bits per heavy atom. The molecule has 2 rings (SSSR count). The van der Waals surface area contributed by atoms with Gasteiger partial charge >= 0.3 is 0 Å². The van der Waals surface area contributed by atoms with Crippen LogP contribution in [0.1, 0.15) is 26.1 Å². The van der Waals surface area contributed by atoms with E-state index in [9.17, 15) is 4.39 Å². The summed E-state index contributed by atoms with van der Waals surface area (Å²) >= 11 is 0. The van der Waals surface area contributed by atoms with Gasteiger partial charge in [-0.1, -0.05) is 13.8 Å². The van der Waals surface area contributed by atoms with Crippen molar-refractivity contribution >= 4 is 17.3 Å². The number of rotatable bonds is 6. The Morgan fingerprint density at radius 1 is 1.05 bits per heavy atom. The predicted molar refractivity (Wildman–Crippen MR) is 79.9 cm³/mol. The van der Waals surface area contributed by atoms with E-state index in [0.717, 1.165) is 36.7 Å². The van der Waals surface area contributed by atoms with Crippen LogP contribution in [0.25, 0.3) is 0 Å². The van der Waals surface area contributed by atoms with Gasteiger partial charge in [-0.05, 0) is 30.7 Å². The van der Waals surface area contributed by atoms with E-state index in [4.69, 9.17) is 0 Å². The van der Waals surface area contributed by atoms with Crippen LogP contribution in [0, 0.1) is 5.82 Å². The van der Waals surface area contributed by atoms with Crippen LogP contribution in [-0.4, -0.2) is 16.5 Å². The van der Waals surface area contributed by atoms with Crippen LogP contribution in [0.3, 0.4) is 0 Å². The molecule has 0 spiro atoms. The van der Waals surface area contributed by atoms with Crippen molar-refractivity contribution in [3.8, 4) is 0 Å². The van der Waals surface area contributed by atoms with Crippen molar-refractivity contribution in [1.82, 2.24) is 9.97 Å². The van der Waals surface area contributed by atoms with Gasteiger partial charge in [0.05, 0.1) is 0 Å². The molecule has 0 unspecified atom stereocenters. The predicted octanol–water partition coefficient (Wildman–Crippen LogP) is 3.74. The topological polar surface area (TPSA) is 49.8 Å². The van der Waals surface area contributed by atoms with E-state index in [0.29, 0.717) is 5.82 Å². The van der Waals surface area contributed by atoms with Crippen LogP contribution in [0.5, 0.6) is 0 Å². The lowest BCUT2D eigenvalue weighted by Crippen LogP contribution is -2.06. The van der Waals surface area contributed by atoms with Crippen LogP contribution in [0.15, 0.2) is 30.3 Å². The van der Waals surface area contributed by atoms with Crippen molar-refractivity contribution < 1.29 is 4.39 Å². The quantitative estimate of drug-likeness (QED) is 0.842. The average molecular weight is 274 g/mol. The molecule has 0 aliphatic heterocycles. The number of nitrogens with zero attached hydrogens (tertiary/aromatic N) is 2. The van der Waals surface area contributed by atoms with E-state index in [1.54, 1.807) is 12.1 Å². The second-order valence-corrected chi connectivity index (χ2v) is 4.47. The molecule has 4 nitrogen and oxygen atoms in total. The number of benzene rings is 1. The second-order valence-electron chi connectivity index (χ2n) is 4.47. The molecule has 2 aromatic rings. The van der Waals surface area contributed by atoms with Crippen molar-refractivity contribution in [1.29, 1.82) is 0 Å². The standard InChI is InChI=1S/C15H19FN4/c1-3-9-17-14-10-15(20-13(4-2)19-14)18-12-7-5-11(16)6-8-12/h5-8,10H,3-4,9H2,1-2H3,(H2,17,18,19,20). The maximum Gasteiger partial charge on any atom is 0.136 e. The van der Waals surface area contributed by atoms with Gasteiger partial charge in [0, 0.05) is 24.7 Å². The number of anilines is 3. The Bertz CT molecular complexity index is 554. The average Bonchev–Trinajstić information content (AvgIpc) is 2.47. The Kier molecular flexibility index (Phi) is 4.87. The zero-order chi connectivity index (χ0) is 14.4. The molecule has 0 aliphatic rings. The Hall–Kier alpha value is -2.17. The summed E-state index contributed by atoms with van der Waals surface area (Å²) in [5.74, 6) is 2.04. The SMILES string of the molecule is CCCNc1cc(Nc2ccc(F)cc2)nc(CC)n1. The third kappa shape index (κ3) is 3.91. The highest BCUT2D eigenvalue weighted by Crippen LogP contribution is 2.18. The Balaban J connectivity index is 2.19. The molecule has 0 bridgehead atoms. The molecular weight excluding hydrogens is 255 g/mol. The van der Waals surface area contributed by atoms with Crippen molar-refractivity contribution in [2.24, 2.45) is 0 Å². The highest BCUT2D eigenvalue weighted by atomic mass is 19.1. The van der Waals surface area contributed by atoms with Crippen LogP contribution in [0.2, 0.25) is 0 Å². The van der Waals surface area contributed by atoms with Gasteiger partial charge in [0.1, 0.15) is 23.3 Å². The first kappa shape index (κ1) is 14.2. The van der Waals surface area contributed by atoms with Gasteiger partial charge in [0.25, 0.3) is 0 Å². The van der Waals surface area contributed by atoms with Crippen LogP contribution < -0.4 is 10.6 Å². The zero-order valence-electron chi connectivity index (χ0n) is 11.8. The van der Waals surface area contributed by atoms with Crippen molar-refractivity contribution in [3.05, 3.63) is 42.0 Å². The molecule has 0 fully saturated rings. The normalized spacial score (nSPS) is 10.3. The van der Waals surface area contributed by atoms with Gasteiger partial charge in [-0.3, -0.25) is 0 Å². The van der Waals surface area contributed by atoms with Crippen LogP contribution >= 0.6 is 0 Å². The summed E-state index contributed by atoms with van der Waals surface area (Å²) in [7, 11) is 0. The fourth-order valence-electron chi connectivity index (χ4n) is 1.74. The van der Waals surface area contributed by atoms with Gasteiger partial charge in [0.15, 0.2) is 0 Å². The van der Waals surface area contributed by atoms with Gasteiger partial charge in [-0.15, -0.1) is 0 Å². The molecule has 2 N–H and O–H groups in total. The van der Waals surface area contributed by atoms with E-state index < -0.39 is 0 Å². The number of aromatic nitrogens is 2. The molecule has 1 aromatic carbocycles. The van der Waals surface area contributed by atoms with Crippen LogP contribution in [-0.2, 0) is 6.42 Å². The highest BCUT2D eigenvalue weighted by Gasteiger charge is 2.04. The summed E-state index contributed by atoms with van der Waals surface area (Å²) in [4.78, 5) is 8.84. The lowest BCUT2D eigenvalue weighted by atomic mass is 10.3. The molecule has 0 saturated carbocycles. The summed E-state index contributed by atoms with van der Waals surface area (Å²) in [5, 5.41) is 6.42. The maximum atomic E-state index is 12.9. The monoisotopic (exact) mass is 274 g/mol. The molecular formula is C15H19FN4. The summed E-state index contributed by atoms with van der Waals surface area (Å²) < 4.78 is 12.9. The fraction of sp³-hybridized carbons (Fsp3) is 0.333. The van der Waals surface area contributed by atoms with Gasteiger partial charge in [-0.2, -0.15) is 0 Å². The smallest absolute Gasteiger partial charge is 0.136 e. The van der Waals surface area contributed by atoms with Gasteiger partial charge in [-0.25, -0.2) is 14.4 Å². The zero-order valence-corrected chi connectivity index (χ0v) is 11.8. The van der Waals surface area contributed by atoms with Crippen molar-refractivity contribution in [2.45, 2.75) is 26.7 Å². The van der Waals surface area contributed by atoms with Crippen molar-refractivity contribution in [2.75, 3.05) is 17.2 Å². The second kappa shape index (κ2) is 6.84. The Labute approximate surface area is 118 Å². The first-order valence-corrected chi connectivity index (χ1v) is 6.85. The lowest BCUT2D eigenvalue weighted by molar-refractivity contribution is 0.628. The molecule has 20 heavy (non-hydrogen) atoms. The third-order valence-electron chi connectivity index (χ3n) is 2.76. The van der Waals surface area contributed by atoms with E-state index in [2.05, 4.69) is 27.5 Å². The Morgan fingerprint density at radius 3 is 2.40 bits per heavy atom. The summed E-state index contributed by atoms with van der Waals surface area (Å²) in [6.07, 6.45) is 1.80. The minimum Gasteiger partial charge on any atom is -0.370 e. The van der Waals surface area contributed by atoms with E-state index >= 15 is 0 Å². The molecule has 5 heteroatoms. The molecule has 0 radical (unpaired) electrons. The molecule has 0 aliphatic carbocycles. The number of hydrogen-bond acceptors (Lipinski definition) is 4. The summed E-state index contributed by atoms with van der Waals surface area (Å²) in [5.41, 5.74) is 0.800. The largest absolute Gasteiger partial charge is 0.370 e. The summed E-state index contributed by atoms with van der Waals surface area (Å²) in [6.45, 7) is 4.99. The first-order valence-electron chi connectivity index (χ1n) is 6.85. The van der Waals surface area contributed by atoms with Crippen LogP contribution in [0.4, 0.5) is 21.7 Å². The first-order chi connectivity index (χ1) is 9.71. The van der Waals surface area contributed by atoms with E-state index in [1.165, 1.54) is 12.1 Å². The molecule has 0 amide bonds. The molecule has 0 atom stereocenters. The molecule has 1 aromatic heterocycles. The van der Waals surface area contributed by atoms with E-state index in [1.807, 2.05) is 13.0 Å². The number of nitrogens with one attached hydrogen (secondary N) is 2. The molecule has 0 saturated heterocycles. The summed E-state index contributed by atoms with van der Waals surface area (Å²) in [6, 6.07) is 8.06. The van der Waals surface area contributed by atoms with Gasteiger partial charge in [0.2, 0.25) is 0 Å². The minimum absolute atomic E-state index is 0.252. The number of hydrogen-bond donors (Lipinski definition) is 2. The van der Waals surface area contributed by atoms with Crippen molar-refractivity contribution in [3.63, 3.8) is 0 Å². The maximum absolute atomic E-state index is 12.9. The molecule has 1 heterocycles. The number of aryl methyl sites for hydroxylation is 1. The lowest BCUT2D eigenvalue weighted by Gasteiger charge is -2.10. The fourth-order valence-corrected chi connectivity index (χ4v) is 1.74.